The summed E-state index contributed by atoms with van der Waals surface area (Å²) in [6, 6.07) is 2.22. The van der Waals surface area contributed by atoms with Crippen LogP contribution in [0.25, 0.3) is 0 Å². The van der Waals surface area contributed by atoms with E-state index in [1.807, 2.05) is 5.32 Å². The Balaban J connectivity index is 3.25. The first-order chi connectivity index (χ1) is 7.95. The van der Waals surface area contributed by atoms with E-state index < -0.39 is 16.7 Å². The van der Waals surface area contributed by atoms with Crippen molar-refractivity contribution >= 4 is 29.1 Å². The molecule has 17 heavy (non-hydrogen) atoms. The van der Waals surface area contributed by atoms with Gasteiger partial charge in [-0.05, 0) is 6.92 Å². The Morgan fingerprint density at radius 1 is 1.65 bits per heavy atom. The zero-order valence-electron chi connectivity index (χ0n) is 8.77. The molecule has 1 rings (SSSR count). The van der Waals surface area contributed by atoms with Gasteiger partial charge in [-0.1, -0.05) is 11.6 Å². The molecule has 0 bridgehead atoms. The van der Waals surface area contributed by atoms with Crippen molar-refractivity contribution in [2.24, 2.45) is 0 Å². The number of amides is 1. The van der Waals surface area contributed by atoms with Gasteiger partial charge in [-0.25, -0.2) is 4.79 Å². The van der Waals surface area contributed by atoms with Crippen LogP contribution in [0.15, 0.2) is 12.1 Å². The number of benzene rings is 1. The van der Waals surface area contributed by atoms with Crippen molar-refractivity contribution in [2.75, 3.05) is 11.9 Å². The first-order valence-corrected chi connectivity index (χ1v) is 4.94. The van der Waals surface area contributed by atoms with E-state index in [4.69, 9.17) is 21.4 Å². The lowest BCUT2D eigenvalue weighted by Gasteiger charge is -2.08. The van der Waals surface area contributed by atoms with Crippen molar-refractivity contribution in [1.82, 2.24) is 0 Å². The SMILES string of the molecule is CCOc1cc(NC(=O)O)c([N+](=O)[O-])cc1Cl. The first kappa shape index (κ1) is 13.0. The van der Waals surface area contributed by atoms with Gasteiger partial charge in [0, 0.05) is 12.1 Å². The quantitative estimate of drug-likeness (QED) is 0.640. The van der Waals surface area contributed by atoms with Crippen LogP contribution in [0, 0.1) is 10.1 Å². The number of anilines is 1. The van der Waals surface area contributed by atoms with Gasteiger partial charge in [0.1, 0.15) is 11.4 Å². The van der Waals surface area contributed by atoms with Crippen molar-refractivity contribution in [3.05, 3.63) is 27.3 Å². The van der Waals surface area contributed by atoms with Crippen molar-refractivity contribution in [1.29, 1.82) is 0 Å². The Hall–Kier alpha value is -2.02. The van der Waals surface area contributed by atoms with Gasteiger partial charge < -0.3 is 9.84 Å². The summed E-state index contributed by atoms with van der Waals surface area (Å²) >= 11 is 5.76. The Morgan fingerprint density at radius 3 is 2.76 bits per heavy atom. The number of hydrogen-bond acceptors (Lipinski definition) is 4. The van der Waals surface area contributed by atoms with Crippen LogP contribution in [0.5, 0.6) is 5.75 Å². The number of carbonyl (C=O) groups is 1. The molecule has 2 N–H and O–H groups in total. The fourth-order valence-electron chi connectivity index (χ4n) is 1.18. The number of nitro groups is 1. The highest BCUT2D eigenvalue weighted by Gasteiger charge is 2.19. The lowest BCUT2D eigenvalue weighted by atomic mass is 10.2. The second-order valence-electron chi connectivity index (χ2n) is 2.92. The number of halogens is 1. The van der Waals surface area contributed by atoms with Gasteiger partial charge >= 0.3 is 6.09 Å². The number of nitrogens with zero attached hydrogens (tertiary/aromatic N) is 1. The highest BCUT2D eigenvalue weighted by Crippen LogP contribution is 2.35. The fourth-order valence-corrected chi connectivity index (χ4v) is 1.39. The third-order valence-electron chi connectivity index (χ3n) is 1.79. The van der Waals surface area contributed by atoms with Crippen molar-refractivity contribution in [3.63, 3.8) is 0 Å². The molecule has 0 aliphatic carbocycles. The average Bonchev–Trinajstić information content (AvgIpc) is 2.21. The van der Waals surface area contributed by atoms with Crippen molar-refractivity contribution in [3.8, 4) is 5.75 Å². The topological polar surface area (TPSA) is 102 Å². The number of carboxylic acid groups (broad SMARTS) is 1. The molecule has 8 heteroatoms. The Labute approximate surface area is 101 Å². The van der Waals surface area contributed by atoms with Crippen LogP contribution < -0.4 is 10.1 Å². The molecule has 0 radical (unpaired) electrons. The zero-order chi connectivity index (χ0) is 13.0. The van der Waals surface area contributed by atoms with Gasteiger partial charge in [0.2, 0.25) is 0 Å². The minimum Gasteiger partial charge on any atom is -0.492 e. The third kappa shape index (κ3) is 3.22. The molecule has 0 aliphatic rings. The molecule has 92 valence electrons. The molecule has 0 spiro atoms. The highest BCUT2D eigenvalue weighted by atomic mass is 35.5. The molecule has 0 aliphatic heterocycles. The number of ether oxygens (including phenoxy) is 1. The summed E-state index contributed by atoms with van der Waals surface area (Å²) in [5, 5.41) is 21.2. The van der Waals surface area contributed by atoms with Crippen LogP contribution in [0.1, 0.15) is 6.92 Å². The number of rotatable bonds is 4. The summed E-state index contributed by atoms with van der Waals surface area (Å²) in [5.41, 5.74) is -0.615. The third-order valence-corrected chi connectivity index (χ3v) is 2.08. The standard InChI is InChI=1S/C9H9ClN2O5/c1-2-17-8-4-6(11-9(13)14)7(12(15)16)3-5(8)10/h3-4,11H,2H2,1H3,(H,13,14). The maximum Gasteiger partial charge on any atom is 0.409 e. The number of nitrogens with one attached hydrogen (secondary N) is 1. The van der Waals surface area contributed by atoms with Gasteiger partial charge in [-0.15, -0.1) is 0 Å². The lowest BCUT2D eigenvalue weighted by molar-refractivity contribution is -0.383. The van der Waals surface area contributed by atoms with E-state index in [-0.39, 0.29) is 16.5 Å². The van der Waals surface area contributed by atoms with E-state index in [9.17, 15) is 14.9 Å². The molecule has 1 aromatic carbocycles. The minimum atomic E-state index is -1.40. The molecule has 1 aromatic rings. The van der Waals surface area contributed by atoms with Crippen molar-refractivity contribution < 1.29 is 19.6 Å². The largest absolute Gasteiger partial charge is 0.492 e. The van der Waals surface area contributed by atoms with E-state index in [1.54, 1.807) is 6.92 Å². The summed E-state index contributed by atoms with van der Waals surface area (Å²) in [7, 11) is 0. The average molecular weight is 261 g/mol. The van der Waals surface area contributed by atoms with Crippen LogP contribution in [0.2, 0.25) is 5.02 Å². The molecule has 0 fully saturated rings. The Bertz CT molecular complexity index is 463. The summed E-state index contributed by atoms with van der Waals surface area (Å²) in [6.45, 7) is 2.02. The summed E-state index contributed by atoms with van der Waals surface area (Å²) in [4.78, 5) is 20.5. The first-order valence-electron chi connectivity index (χ1n) is 4.56. The van der Waals surface area contributed by atoms with Crippen LogP contribution in [-0.4, -0.2) is 22.7 Å². The van der Waals surface area contributed by atoms with Gasteiger partial charge in [0.25, 0.3) is 5.69 Å². The fraction of sp³-hybridized carbons (Fsp3) is 0.222. The summed E-state index contributed by atoms with van der Waals surface area (Å²) in [5.74, 6) is 0.184. The molecule has 7 nitrogen and oxygen atoms in total. The maximum atomic E-state index is 10.7. The minimum absolute atomic E-state index is 0.0505. The molecule has 0 heterocycles. The summed E-state index contributed by atoms with van der Waals surface area (Å²) < 4.78 is 5.11. The number of hydrogen-bond donors (Lipinski definition) is 2. The van der Waals surface area contributed by atoms with Gasteiger partial charge in [0.05, 0.1) is 16.6 Å². The molecular formula is C9H9ClN2O5. The van der Waals surface area contributed by atoms with Gasteiger partial charge in [0.15, 0.2) is 0 Å². The lowest BCUT2D eigenvalue weighted by Crippen LogP contribution is -2.09. The zero-order valence-corrected chi connectivity index (χ0v) is 9.52. The monoisotopic (exact) mass is 260 g/mol. The maximum absolute atomic E-state index is 10.7. The van der Waals surface area contributed by atoms with E-state index in [0.29, 0.717) is 6.61 Å². The van der Waals surface area contributed by atoms with Crippen LogP contribution in [0.4, 0.5) is 16.2 Å². The van der Waals surface area contributed by atoms with Crippen molar-refractivity contribution in [2.45, 2.75) is 6.92 Å². The molecule has 0 saturated carbocycles. The predicted octanol–water partition coefficient (Wildman–Crippen LogP) is 2.74. The highest BCUT2D eigenvalue weighted by molar-refractivity contribution is 6.32. The van der Waals surface area contributed by atoms with Crippen LogP contribution >= 0.6 is 11.6 Å². The Kier molecular flexibility index (Phi) is 4.11. The van der Waals surface area contributed by atoms with E-state index in [0.717, 1.165) is 6.07 Å². The second kappa shape index (κ2) is 5.35. The molecule has 0 saturated heterocycles. The number of nitro benzene ring substituents is 1. The second-order valence-corrected chi connectivity index (χ2v) is 3.33. The van der Waals surface area contributed by atoms with Crippen LogP contribution in [-0.2, 0) is 0 Å². The van der Waals surface area contributed by atoms with E-state index >= 15 is 0 Å². The molecular weight excluding hydrogens is 252 g/mol. The normalized spacial score (nSPS) is 9.76. The van der Waals surface area contributed by atoms with E-state index in [2.05, 4.69) is 0 Å². The smallest absolute Gasteiger partial charge is 0.409 e. The summed E-state index contributed by atoms with van der Waals surface area (Å²) in [6.07, 6.45) is -1.40. The van der Waals surface area contributed by atoms with Gasteiger partial charge in [-0.3, -0.25) is 15.4 Å². The predicted molar refractivity (Wildman–Crippen MR) is 60.9 cm³/mol. The molecule has 0 unspecified atom stereocenters. The Morgan fingerprint density at radius 2 is 2.29 bits per heavy atom. The molecule has 0 atom stereocenters. The molecule has 0 aromatic heterocycles. The van der Waals surface area contributed by atoms with Crippen LogP contribution in [0.3, 0.4) is 0 Å². The van der Waals surface area contributed by atoms with Gasteiger partial charge in [-0.2, -0.15) is 0 Å². The molecule has 1 amide bonds. The van der Waals surface area contributed by atoms with E-state index in [1.165, 1.54) is 6.07 Å².